The van der Waals surface area contributed by atoms with Gasteiger partial charge in [-0.2, -0.15) is 0 Å². The Balaban J connectivity index is 1.74. The fourth-order valence-electron chi connectivity index (χ4n) is 3.04. The highest BCUT2D eigenvalue weighted by atomic mass is 16.5. The number of ether oxygens (including phenoxy) is 1. The molecular formula is C16H18N4O. The number of nitrogens with zero attached hydrogens (tertiary/aromatic N) is 3. The van der Waals surface area contributed by atoms with Gasteiger partial charge in [0, 0.05) is 49.9 Å². The first-order valence-electron chi connectivity index (χ1n) is 7.34. The number of benzene rings is 1. The molecule has 1 aliphatic heterocycles. The van der Waals surface area contributed by atoms with Crippen LogP contribution in [0.1, 0.15) is 11.1 Å². The monoisotopic (exact) mass is 282 g/mol. The van der Waals surface area contributed by atoms with E-state index >= 15 is 0 Å². The highest BCUT2D eigenvalue weighted by Gasteiger charge is 2.23. The smallest absolute Gasteiger partial charge is 0.225 e. The molecule has 2 heterocycles. The van der Waals surface area contributed by atoms with Gasteiger partial charge in [-0.25, -0.2) is 9.97 Å². The maximum Gasteiger partial charge on any atom is 0.225 e. The molecule has 0 unspecified atom stereocenters. The molecule has 0 saturated carbocycles. The van der Waals surface area contributed by atoms with Crippen LogP contribution in [0.4, 0.5) is 5.95 Å². The van der Waals surface area contributed by atoms with Crippen LogP contribution in [-0.2, 0) is 6.42 Å². The van der Waals surface area contributed by atoms with Gasteiger partial charge in [-0.1, -0.05) is 6.07 Å². The van der Waals surface area contributed by atoms with E-state index < -0.39 is 0 Å². The average molecular weight is 282 g/mol. The summed E-state index contributed by atoms with van der Waals surface area (Å²) in [6, 6.07) is 6.21. The Labute approximate surface area is 124 Å². The summed E-state index contributed by atoms with van der Waals surface area (Å²) in [7, 11) is 1.70. The maximum atomic E-state index is 5.34. The van der Waals surface area contributed by atoms with Crippen LogP contribution in [0, 0.1) is 0 Å². The predicted molar refractivity (Wildman–Crippen MR) is 81.9 cm³/mol. The summed E-state index contributed by atoms with van der Waals surface area (Å²) in [6.07, 6.45) is 2.89. The number of rotatable bonds is 2. The summed E-state index contributed by atoms with van der Waals surface area (Å²) in [6.45, 7) is 3.91. The SMILES string of the molecule is COc1ccc2c(c1)-c1nc(N3CCNCC3)ncc1C2. The van der Waals surface area contributed by atoms with Gasteiger partial charge in [-0.3, -0.25) is 0 Å². The molecular weight excluding hydrogens is 264 g/mol. The Morgan fingerprint density at radius 2 is 2.05 bits per heavy atom. The number of fused-ring (bicyclic) bond motifs is 3. The highest BCUT2D eigenvalue weighted by molar-refractivity contribution is 5.75. The van der Waals surface area contributed by atoms with Crippen molar-refractivity contribution in [2.75, 3.05) is 38.2 Å². The van der Waals surface area contributed by atoms with Crippen molar-refractivity contribution >= 4 is 5.95 Å². The van der Waals surface area contributed by atoms with Gasteiger partial charge in [0.15, 0.2) is 0 Å². The van der Waals surface area contributed by atoms with Gasteiger partial charge in [0.25, 0.3) is 0 Å². The molecule has 1 N–H and O–H groups in total. The van der Waals surface area contributed by atoms with Crippen LogP contribution in [0.15, 0.2) is 24.4 Å². The first kappa shape index (κ1) is 12.6. The van der Waals surface area contributed by atoms with Crippen molar-refractivity contribution in [1.82, 2.24) is 15.3 Å². The maximum absolute atomic E-state index is 5.34. The van der Waals surface area contributed by atoms with Crippen LogP contribution < -0.4 is 15.0 Å². The molecule has 2 aliphatic rings. The summed E-state index contributed by atoms with van der Waals surface area (Å²) < 4.78 is 5.34. The second-order valence-electron chi connectivity index (χ2n) is 5.48. The van der Waals surface area contributed by atoms with Gasteiger partial charge in [0.2, 0.25) is 5.95 Å². The number of methoxy groups -OCH3 is 1. The first-order valence-corrected chi connectivity index (χ1v) is 7.34. The Morgan fingerprint density at radius 1 is 1.19 bits per heavy atom. The lowest BCUT2D eigenvalue weighted by Gasteiger charge is -2.27. The van der Waals surface area contributed by atoms with E-state index in [4.69, 9.17) is 9.72 Å². The van der Waals surface area contributed by atoms with Gasteiger partial charge in [-0.05, 0) is 17.7 Å². The van der Waals surface area contributed by atoms with Crippen molar-refractivity contribution in [3.63, 3.8) is 0 Å². The summed E-state index contributed by atoms with van der Waals surface area (Å²) in [5.74, 6) is 1.72. The Hall–Kier alpha value is -2.14. The highest BCUT2D eigenvalue weighted by Crippen LogP contribution is 2.37. The van der Waals surface area contributed by atoms with E-state index in [1.807, 2.05) is 12.3 Å². The van der Waals surface area contributed by atoms with E-state index in [9.17, 15) is 0 Å². The molecule has 0 bridgehead atoms. The van der Waals surface area contributed by atoms with Crippen LogP contribution >= 0.6 is 0 Å². The summed E-state index contributed by atoms with van der Waals surface area (Å²) in [4.78, 5) is 11.6. The second-order valence-corrected chi connectivity index (χ2v) is 5.48. The normalized spacial score (nSPS) is 16.5. The minimum Gasteiger partial charge on any atom is -0.497 e. The molecule has 108 valence electrons. The van der Waals surface area contributed by atoms with Gasteiger partial charge in [0.1, 0.15) is 5.75 Å². The molecule has 0 atom stereocenters. The molecule has 1 aromatic carbocycles. The molecule has 2 aromatic rings. The molecule has 0 amide bonds. The number of hydrogen-bond donors (Lipinski definition) is 1. The molecule has 1 aromatic heterocycles. The van der Waals surface area contributed by atoms with Gasteiger partial charge in [0.05, 0.1) is 12.8 Å². The second kappa shape index (κ2) is 5.00. The number of aromatic nitrogens is 2. The number of nitrogens with one attached hydrogen (secondary N) is 1. The topological polar surface area (TPSA) is 50.3 Å². The van der Waals surface area contributed by atoms with E-state index in [1.54, 1.807) is 7.11 Å². The molecule has 1 aliphatic carbocycles. The largest absolute Gasteiger partial charge is 0.497 e. The van der Waals surface area contributed by atoms with Crippen molar-refractivity contribution in [3.8, 4) is 17.0 Å². The van der Waals surface area contributed by atoms with Crippen molar-refractivity contribution in [2.24, 2.45) is 0 Å². The standard InChI is InChI=1S/C16H18N4O/c1-21-13-3-2-11-8-12-10-18-16(19-15(12)14(11)9-13)20-6-4-17-5-7-20/h2-3,9-10,17H,4-8H2,1H3. The van der Waals surface area contributed by atoms with Gasteiger partial charge in [-0.15, -0.1) is 0 Å². The Kier molecular flexibility index (Phi) is 3.00. The van der Waals surface area contributed by atoms with Crippen molar-refractivity contribution in [3.05, 3.63) is 35.5 Å². The Bertz CT molecular complexity index is 680. The lowest BCUT2D eigenvalue weighted by Crippen LogP contribution is -2.44. The van der Waals surface area contributed by atoms with Crippen LogP contribution in [0.3, 0.4) is 0 Å². The van der Waals surface area contributed by atoms with Gasteiger partial charge < -0.3 is 15.0 Å². The third-order valence-corrected chi connectivity index (χ3v) is 4.20. The van der Waals surface area contributed by atoms with Crippen LogP contribution in [0.5, 0.6) is 5.75 Å². The van der Waals surface area contributed by atoms with E-state index in [1.165, 1.54) is 16.7 Å². The molecule has 5 heteroatoms. The zero-order valence-corrected chi connectivity index (χ0v) is 12.1. The zero-order valence-electron chi connectivity index (χ0n) is 12.1. The van der Waals surface area contributed by atoms with Crippen molar-refractivity contribution < 1.29 is 4.74 Å². The lowest BCUT2D eigenvalue weighted by molar-refractivity contribution is 0.415. The fourth-order valence-corrected chi connectivity index (χ4v) is 3.04. The molecule has 0 spiro atoms. The predicted octanol–water partition coefficient (Wildman–Crippen LogP) is 1.47. The minimum atomic E-state index is 0.839. The van der Waals surface area contributed by atoms with E-state index in [0.717, 1.165) is 50.0 Å². The summed E-state index contributed by atoms with van der Waals surface area (Å²) >= 11 is 0. The van der Waals surface area contributed by atoms with E-state index in [-0.39, 0.29) is 0 Å². The molecule has 1 saturated heterocycles. The third kappa shape index (κ3) is 2.14. The molecule has 5 nitrogen and oxygen atoms in total. The first-order chi connectivity index (χ1) is 10.3. The zero-order chi connectivity index (χ0) is 14.2. The van der Waals surface area contributed by atoms with E-state index in [2.05, 4.69) is 27.3 Å². The Morgan fingerprint density at radius 3 is 2.86 bits per heavy atom. The number of piperazine rings is 1. The molecule has 0 radical (unpaired) electrons. The van der Waals surface area contributed by atoms with Crippen molar-refractivity contribution in [1.29, 1.82) is 0 Å². The summed E-state index contributed by atoms with van der Waals surface area (Å²) in [5, 5.41) is 3.35. The van der Waals surface area contributed by atoms with Crippen molar-refractivity contribution in [2.45, 2.75) is 6.42 Å². The van der Waals surface area contributed by atoms with Crippen LogP contribution in [0.2, 0.25) is 0 Å². The number of hydrogen-bond acceptors (Lipinski definition) is 5. The van der Waals surface area contributed by atoms with Crippen LogP contribution in [0.25, 0.3) is 11.3 Å². The quantitative estimate of drug-likeness (QED) is 0.771. The lowest BCUT2D eigenvalue weighted by atomic mass is 10.1. The van der Waals surface area contributed by atoms with Crippen LogP contribution in [-0.4, -0.2) is 43.3 Å². The van der Waals surface area contributed by atoms with E-state index in [0.29, 0.717) is 0 Å². The summed E-state index contributed by atoms with van der Waals surface area (Å²) in [5.41, 5.74) is 4.75. The van der Waals surface area contributed by atoms with Gasteiger partial charge >= 0.3 is 0 Å². The third-order valence-electron chi connectivity index (χ3n) is 4.20. The molecule has 4 rings (SSSR count). The molecule has 21 heavy (non-hydrogen) atoms. The average Bonchev–Trinajstić information content (AvgIpc) is 2.92. The minimum absolute atomic E-state index is 0.839. The molecule has 1 fully saturated rings. The fraction of sp³-hybridized carbons (Fsp3) is 0.375. The number of anilines is 1.